The first kappa shape index (κ1) is 16.0. The summed E-state index contributed by atoms with van der Waals surface area (Å²) in [6, 6.07) is 17.4. The fourth-order valence-corrected chi connectivity index (χ4v) is 4.82. The Bertz CT molecular complexity index is 773. The van der Waals surface area contributed by atoms with Gasteiger partial charge in [-0.1, -0.05) is 48.5 Å². The van der Waals surface area contributed by atoms with Crippen LogP contribution in [0.1, 0.15) is 23.6 Å². The van der Waals surface area contributed by atoms with E-state index in [0.29, 0.717) is 6.54 Å². The highest BCUT2D eigenvalue weighted by Crippen LogP contribution is 2.38. The van der Waals surface area contributed by atoms with Crippen LogP contribution in [0.5, 0.6) is 0 Å². The predicted octanol–water partition coefficient (Wildman–Crippen LogP) is 3.03. The molecule has 0 aliphatic carbocycles. The highest BCUT2D eigenvalue weighted by atomic mass is 32.2. The Morgan fingerprint density at radius 1 is 1.04 bits per heavy atom. The normalized spacial score (nSPS) is 18.0. The maximum absolute atomic E-state index is 12.9. The second kappa shape index (κ2) is 6.34. The zero-order chi connectivity index (χ0) is 16.4. The summed E-state index contributed by atoms with van der Waals surface area (Å²) < 4.78 is 27.4. The molecule has 2 aromatic rings. The Morgan fingerprint density at radius 3 is 2.39 bits per heavy atom. The van der Waals surface area contributed by atoms with Crippen LogP contribution in [0, 0.1) is 0 Å². The van der Waals surface area contributed by atoms with Crippen molar-refractivity contribution >= 4 is 15.7 Å². The van der Waals surface area contributed by atoms with E-state index in [4.69, 9.17) is 0 Å². The zero-order valence-electron chi connectivity index (χ0n) is 13.5. The van der Waals surface area contributed by atoms with Crippen molar-refractivity contribution in [2.24, 2.45) is 0 Å². The van der Waals surface area contributed by atoms with Gasteiger partial charge in [-0.25, -0.2) is 8.42 Å². The van der Waals surface area contributed by atoms with Crippen LogP contribution in [0.2, 0.25) is 0 Å². The molecule has 0 bridgehead atoms. The van der Waals surface area contributed by atoms with E-state index in [0.717, 1.165) is 23.2 Å². The summed E-state index contributed by atoms with van der Waals surface area (Å²) in [5, 5.41) is 0. The van der Waals surface area contributed by atoms with Gasteiger partial charge in [0.2, 0.25) is 10.0 Å². The van der Waals surface area contributed by atoms with Gasteiger partial charge in [-0.3, -0.25) is 4.31 Å². The average Bonchev–Trinajstić information content (AvgIpc) is 2.54. The number of para-hydroxylation sites is 1. The van der Waals surface area contributed by atoms with Crippen molar-refractivity contribution in [2.45, 2.75) is 18.2 Å². The van der Waals surface area contributed by atoms with E-state index in [1.807, 2.05) is 68.7 Å². The highest BCUT2D eigenvalue weighted by Gasteiger charge is 2.32. The van der Waals surface area contributed by atoms with Gasteiger partial charge in [0.05, 0.1) is 11.4 Å². The Morgan fingerprint density at radius 2 is 1.70 bits per heavy atom. The van der Waals surface area contributed by atoms with Crippen molar-refractivity contribution in [3.8, 4) is 0 Å². The first-order chi connectivity index (χ1) is 11.0. The molecule has 1 heterocycles. The third kappa shape index (κ3) is 3.26. The molecule has 4 nitrogen and oxygen atoms in total. The van der Waals surface area contributed by atoms with Crippen LogP contribution in [0.3, 0.4) is 0 Å². The van der Waals surface area contributed by atoms with Crippen molar-refractivity contribution in [1.29, 1.82) is 0 Å². The second-order valence-corrected chi connectivity index (χ2v) is 8.03. The second-order valence-electron chi connectivity index (χ2n) is 6.14. The lowest BCUT2D eigenvalue weighted by atomic mass is 9.97. The van der Waals surface area contributed by atoms with E-state index in [-0.39, 0.29) is 11.8 Å². The number of sulfonamides is 1. The van der Waals surface area contributed by atoms with Crippen molar-refractivity contribution < 1.29 is 8.42 Å². The largest absolute Gasteiger partial charge is 0.302 e. The summed E-state index contributed by atoms with van der Waals surface area (Å²) in [6.45, 7) is 0.523. The van der Waals surface area contributed by atoms with Gasteiger partial charge in [0.1, 0.15) is 0 Å². The molecule has 0 saturated carbocycles. The lowest BCUT2D eigenvalue weighted by molar-refractivity contribution is 0.281. The van der Waals surface area contributed by atoms with Crippen LogP contribution in [-0.2, 0) is 15.8 Å². The Hall–Kier alpha value is -1.85. The lowest BCUT2D eigenvalue weighted by Crippen LogP contribution is -2.40. The molecule has 0 radical (unpaired) electrons. The number of rotatable bonds is 4. The Kier molecular flexibility index (Phi) is 4.41. The molecule has 1 aliphatic heterocycles. The molecule has 1 atom stereocenters. The molecule has 0 fully saturated rings. The molecule has 5 heteroatoms. The van der Waals surface area contributed by atoms with Crippen molar-refractivity contribution in [1.82, 2.24) is 4.90 Å². The molecule has 0 spiro atoms. The zero-order valence-corrected chi connectivity index (χ0v) is 14.3. The minimum atomic E-state index is -3.38. The molecule has 0 aromatic heterocycles. The van der Waals surface area contributed by atoms with E-state index in [9.17, 15) is 8.42 Å². The van der Waals surface area contributed by atoms with Crippen LogP contribution in [0.4, 0.5) is 5.69 Å². The van der Waals surface area contributed by atoms with E-state index in [1.54, 1.807) is 4.31 Å². The van der Waals surface area contributed by atoms with Gasteiger partial charge in [0, 0.05) is 12.6 Å². The van der Waals surface area contributed by atoms with Crippen LogP contribution < -0.4 is 4.31 Å². The molecule has 0 saturated heterocycles. The summed E-state index contributed by atoms with van der Waals surface area (Å²) >= 11 is 0. The van der Waals surface area contributed by atoms with Gasteiger partial charge in [-0.2, -0.15) is 0 Å². The summed E-state index contributed by atoms with van der Waals surface area (Å²) in [7, 11) is 0.690. The van der Waals surface area contributed by atoms with Crippen LogP contribution in [0.15, 0.2) is 54.6 Å². The maximum atomic E-state index is 12.9. The molecule has 1 unspecified atom stereocenters. The Labute approximate surface area is 138 Å². The fourth-order valence-electron chi connectivity index (χ4n) is 3.20. The highest BCUT2D eigenvalue weighted by molar-refractivity contribution is 7.92. The molecule has 23 heavy (non-hydrogen) atoms. The number of benzene rings is 2. The SMILES string of the molecule is CN(C)C1CCN(S(=O)(=O)Cc2ccccc2)c2ccccc21. The lowest BCUT2D eigenvalue weighted by Gasteiger charge is -2.37. The number of fused-ring (bicyclic) bond motifs is 1. The average molecular weight is 330 g/mol. The third-order valence-electron chi connectivity index (χ3n) is 4.32. The first-order valence-corrected chi connectivity index (χ1v) is 9.39. The van der Waals surface area contributed by atoms with Crippen LogP contribution in [0.25, 0.3) is 0 Å². The standard InChI is InChI=1S/C18H22N2O2S/c1-19(2)17-12-13-20(18-11-7-6-10-16(17)18)23(21,22)14-15-8-4-3-5-9-15/h3-11,17H,12-14H2,1-2H3. The molecule has 0 N–H and O–H groups in total. The van der Waals surface area contributed by atoms with E-state index >= 15 is 0 Å². The van der Waals surface area contributed by atoms with Gasteiger partial charge in [0.15, 0.2) is 0 Å². The molecular weight excluding hydrogens is 308 g/mol. The molecule has 2 aromatic carbocycles. The number of nitrogens with zero attached hydrogens (tertiary/aromatic N) is 2. The quantitative estimate of drug-likeness (QED) is 0.865. The molecule has 1 aliphatic rings. The van der Waals surface area contributed by atoms with E-state index in [1.165, 1.54) is 0 Å². The predicted molar refractivity (Wildman–Crippen MR) is 93.9 cm³/mol. The minimum Gasteiger partial charge on any atom is -0.302 e. The van der Waals surface area contributed by atoms with E-state index in [2.05, 4.69) is 4.90 Å². The van der Waals surface area contributed by atoms with Crippen LogP contribution in [-0.4, -0.2) is 34.0 Å². The Balaban J connectivity index is 1.95. The summed E-state index contributed by atoms with van der Waals surface area (Å²) in [5.41, 5.74) is 2.72. The number of hydrogen-bond acceptors (Lipinski definition) is 3. The van der Waals surface area contributed by atoms with Crippen LogP contribution >= 0.6 is 0 Å². The topological polar surface area (TPSA) is 40.6 Å². The first-order valence-electron chi connectivity index (χ1n) is 7.79. The monoisotopic (exact) mass is 330 g/mol. The third-order valence-corrected chi connectivity index (χ3v) is 6.07. The molecule has 3 rings (SSSR count). The molecule has 122 valence electrons. The summed E-state index contributed by atoms with van der Waals surface area (Å²) in [5.74, 6) is 0.0365. The number of anilines is 1. The molecule has 0 amide bonds. The van der Waals surface area contributed by atoms with Gasteiger partial charge in [-0.15, -0.1) is 0 Å². The number of hydrogen-bond donors (Lipinski definition) is 0. The van der Waals surface area contributed by atoms with Gasteiger partial charge < -0.3 is 4.90 Å². The summed E-state index contributed by atoms with van der Waals surface area (Å²) in [6.07, 6.45) is 0.804. The minimum absolute atomic E-state index is 0.0365. The smallest absolute Gasteiger partial charge is 0.239 e. The van der Waals surface area contributed by atoms with Gasteiger partial charge in [0.25, 0.3) is 0 Å². The van der Waals surface area contributed by atoms with Gasteiger partial charge >= 0.3 is 0 Å². The van der Waals surface area contributed by atoms with E-state index < -0.39 is 10.0 Å². The van der Waals surface area contributed by atoms with Crippen molar-refractivity contribution in [3.63, 3.8) is 0 Å². The fraction of sp³-hybridized carbons (Fsp3) is 0.333. The van der Waals surface area contributed by atoms with Crippen molar-refractivity contribution in [2.75, 3.05) is 24.9 Å². The van der Waals surface area contributed by atoms with Gasteiger partial charge in [-0.05, 0) is 37.7 Å². The van der Waals surface area contributed by atoms with Crippen molar-refractivity contribution in [3.05, 3.63) is 65.7 Å². The maximum Gasteiger partial charge on any atom is 0.239 e. The molecular formula is C18H22N2O2S. The summed E-state index contributed by atoms with van der Waals surface area (Å²) in [4.78, 5) is 2.15.